The highest BCUT2D eigenvalue weighted by Gasteiger charge is 2.08. The molecule has 6 nitrogen and oxygen atoms in total. The van der Waals surface area contributed by atoms with Crippen LogP contribution in [0.15, 0.2) is 72.8 Å². The minimum atomic E-state index is -0.676. The van der Waals surface area contributed by atoms with E-state index in [1.807, 2.05) is 24.3 Å². The quantitative estimate of drug-likeness (QED) is 0.303. The van der Waals surface area contributed by atoms with Crippen molar-refractivity contribution < 1.29 is 19.7 Å². The Morgan fingerprint density at radius 2 is 0.938 bits per heavy atom. The summed E-state index contributed by atoms with van der Waals surface area (Å²) in [5.41, 5.74) is 1.75. The lowest BCUT2D eigenvalue weighted by molar-refractivity contribution is 0.115. The van der Waals surface area contributed by atoms with E-state index in [0.29, 0.717) is 34.6 Å². The Kier molecular flexibility index (Phi) is 9.31. The van der Waals surface area contributed by atoms with E-state index in [0.717, 1.165) is 11.4 Å². The second kappa shape index (κ2) is 12.4. The molecule has 3 aromatic carbocycles. The summed E-state index contributed by atoms with van der Waals surface area (Å²) in [4.78, 5) is 0. The summed E-state index contributed by atoms with van der Waals surface area (Å²) in [6, 6.07) is 21.5. The standard InChI is InChI=1S/C24H26Cl2N2O4/c25-17-1-5-19(6-2-17)27-13-21(29)15-31-23-9-11-24(12-10-23)32-16-22(30)14-28-20-7-3-18(26)4-8-20/h1-12,21-22,27-30H,13-16H2/t21-,22-/m0/s1. The smallest absolute Gasteiger partial charge is 0.119 e. The maximum absolute atomic E-state index is 10.1. The largest absolute Gasteiger partial charge is 0.491 e. The molecule has 32 heavy (non-hydrogen) atoms. The van der Waals surface area contributed by atoms with Crippen molar-refractivity contribution in [2.45, 2.75) is 12.2 Å². The summed E-state index contributed by atoms with van der Waals surface area (Å²) in [6.07, 6.45) is -1.35. The van der Waals surface area contributed by atoms with E-state index >= 15 is 0 Å². The first kappa shape index (κ1) is 24.0. The average molecular weight is 477 g/mol. The van der Waals surface area contributed by atoms with E-state index < -0.39 is 12.2 Å². The van der Waals surface area contributed by atoms with Crippen LogP contribution in [0.25, 0.3) is 0 Å². The van der Waals surface area contributed by atoms with Crippen LogP contribution in [0, 0.1) is 0 Å². The monoisotopic (exact) mass is 476 g/mol. The molecule has 0 bridgehead atoms. The normalized spacial score (nSPS) is 12.6. The van der Waals surface area contributed by atoms with Gasteiger partial charge in [0.05, 0.1) is 0 Å². The van der Waals surface area contributed by atoms with E-state index in [4.69, 9.17) is 32.7 Å². The second-order valence-electron chi connectivity index (χ2n) is 7.18. The zero-order valence-corrected chi connectivity index (χ0v) is 18.9. The van der Waals surface area contributed by atoms with E-state index in [-0.39, 0.29) is 13.2 Å². The molecule has 3 aromatic rings. The number of aliphatic hydroxyl groups excluding tert-OH is 2. The highest BCUT2D eigenvalue weighted by atomic mass is 35.5. The van der Waals surface area contributed by atoms with Crippen LogP contribution in [0.3, 0.4) is 0 Å². The fourth-order valence-corrected chi connectivity index (χ4v) is 2.99. The lowest BCUT2D eigenvalue weighted by atomic mass is 10.3. The molecule has 0 heterocycles. The Labute approximate surface area is 197 Å². The van der Waals surface area contributed by atoms with E-state index in [2.05, 4.69) is 10.6 Å². The number of hydrogen-bond donors (Lipinski definition) is 4. The predicted molar refractivity (Wildman–Crippen MR) is 129 cm³/mol. The van der Waals surface area contributed by atoms with Crippen LogP contribution in [-0.2, 0) is 0 Å². The molecule has 0 radical (unpaired) electrons. The number of halogens is 2. The average Bonchev–Trinajstić information content (AvgIpc) is 2.81. The summed E-state index contributed by atoms with van der Waals surface area (Å²) in [5.74, 6) is 1.24. The molecule has 2 atom stereocenters. The lowest BCUT2D eigenvalue weighted by Gasteiger charge is -2.15. The van der Waals surface area contributed by atoms with Gasteiger partial charge in [-0.2, -0.15) is 0 Å². The van der Waals surface area contributed by atoms with E-state index in [1.54, 1.807) is 48.5 Å². The van der Waals surface area contributed by atoms with Crippen LogP contribution in [0.2, 0.25) is 10.0 Å². The van der Waals surface area contributed by atoms with Crippen molar-refractivity contribution in [3.8, 4) is 11.5 Å². The second-order valence-corrected chi connectivity index (χ2v) is 8.05. The zero-order chi connectivity index (χ0) is 22.8. The van der Waals surface area contributed by atoms with Crippen LogP contribution in [-0.4, -0.2) is 48.7 Å². The van der Waals surface area contributed by atoms with Gasteiger partial charge in [-0.3, -0.25) is 0 Å². The minimum Gasteiger partial charge on any atom is -0.491 e. The van der Waals surface area contributed by atoms with Crippen LogP contribution < -0.4 is 20.1 Å². The lowest BCUT2D eigenvalue weighted by Crippen LogP contribution is -2.26. The Bertz CT molecular complexity index is 859. The number of rotatable bonds is 12. The third-order valence-electron chi connectivity index (χ3n) is 4.48. The van der Waals surface area contributed by atoms with Crippen LogP contribution in [0.1, 0.15) is 0 Å². The van der Waals surface area contributed by atoms with E-state index in [1.165, 1.54) is 0 Å². The molecule has 4 N–H and O–H groups in total. The fourth-order valence-electron chi connectivity index (χ4n) is 2.74. The molecular formula is C24H26Cl2N2O4. The third kappa shape index (κ3) is 8.48. The van der Waals surface area contributed by atoms with Gasteiger partial charge in [0.25, 0.3) is 0 Å². The first-order valence-electron chi connectivity index (χ1n) is 10.2. The SMILES string of the molecule is O[C@@H](CNc1ccc(Cl)cc1)COc1ccc(OC[C@@H](O)CNc2ccc(Cl)cc2)cc1. The Balaban J connectivity index is 1.33. The highest BCUT2D eigenvalue weighted by Crippen LogP contribution is 2.19. The van der Waals surface area contributed by atoms with Crippen molar-refractivity contribution in [2.75, 3.05) is 36.9 Å². The summed E-state index contributed by atoms with van der Waals surface area (Å²) in [5, 5.41) is 27.8. The summed E-state index contributed by atoms with van der Waals surface area (Å²) in [7, 11) is 0. The van der Waals surface area contributed by atoms with Gasteiger partial charge in [0.1, 0.15) is 36.9 Å². The molecule has 0 fully saturated rings. The first-order valence-corrected chi connectivity index (χ1v) is 10.9. The Hall–Kier alpha value is -2.64. The molecule has 170 valence electrons. The number of anilines is 2. The highest BCUT2D eigenvalue weighted by molar-refractivity contribution is 6.30. The van der Waals surface area contributed by atoms with Crippen molar-refractivity contribution in [3.05, 3.63) is 82.8 Å². The molecule has 0 spiro atoms. The van der Waals surface area contributed by atoms with Crippen molar-refractivity contribution in [1.82, 2.24) is 0 Å². The van der Waals surface area contributed by atoms with E-state index in [9.17, 15) is 10.2 Å². The first-order chi connectivity index (χ1) is 15.5. The molecule has 0 saturated carbocycles. The van der Waals surface area contributed by atoms with Crippen LogP contribution in [0.5, 0.6) is 11.5 Å². The third-order valence-corrected chi connectivity index (χ3v) is 4.98. The molecule has 0 saturated heterocycles. The number of benzene rings is 3. The molecule has 0 aliphatic heterocycles. The zero-order valence-electron chi connectivity index (χ0n) is 17.4. The van der Waals surface area contributed by atoms with Crippen molar-refractivity contribution in [2.24, 2.45) is 0 Å². The van der Waals surface area contributed by atoms with Crippen molar-refractivity contribution >= 4 is 34.6 Å². The van der Waals surface area contributed by atoms with Crippen molar-refractivity contribution in [3.63, 3.8) is 0 Å². The number of hydrogen-bond acceptors (Lipinski definition) is 6. The van der Waals surface area contributed by atoms with Gasteiger partial charge in [0.15, 0.2) is 0 Å². The van der Waals surface area contributed by atoms with Crippen LogP contribution in [0.4, 0.5) is 11.4 Å². The topological polar surface area (TPSA) is 83.0 Å². The van der Waals surface area contributed by atoms with Crippen LogP contribution >= 0.6 is 23.2 Å². The molecule has 3 rings (SSSR count). The van der Waals surface area contributed by atoms with Gasteiger partial charge < -0.3 is 30.3 Å². The Morgan fingerprint density at radius 1 is 0.594 bits per heavy atom. The fraction of sp³-hybridized carbons (Fsp3) is 0.250. The number of aliphatic hydroxyl groups is 2. The molecule has 0 unspecified atom stereocenters. The van der Waals surface area contributed by atoms with Gasteiger partial charge in [0, 0.05) is 34.5 Å². The van der Waals surface area contributed by atoms with Gasteiger partial charge in [-0.15, -0.1) is 0 Å². The molecular weight excluding hydrogens is 451 g/mol. The summed E-state index contributed by atoms with van der Waals surface area (Å²) >= 11 is 11.7. The number of ether oxygens (including phenoxy) is 2. The minimum absolute atomic E-state index is 0.149. The molecule has 0 aliphatic rings. The van der Waals surface area contributed by atoms with Gasteiger partial charge in [-0.05, 0) is 72.8 Å². The maximum Gasteiger partial charge on any atom is 0.119 e. The maximum atomic E-state index is 10.1. The van der Waals surface area contributed by atoms with Gasteiger partial charge in [-0.25, -0.2) is 0 Å². The predicted octanol–water partition coefficient (Wildman–Crippen LogP) is 4.70. The summed E-state index contributed by atoms with van der Waals surface area (Å²) < 4.78 is 11.2. The summed E-state index contributed by atoms with van der Waals surface area (Å²) in [6.45, 7) is 1.00. The van der Waals surface area contributed by atoms with Crippen molar-refractivity contribution in [1.29, 1.82) is 0 Å². The molecule has 0 aliphatic carbocycles. The molecule has 0 aromatic heterocycles. The van der Waals surface area contributed by atoms with Gasteiger partial charge in [-0.1, -0.05) is 23.2 Å². The number of nitrogens with one attached hydrogen (secondary N) is 2. The molecule has 0 amide bonds. The Morgan fingerprint density at radius 3 is 1.28 bits per heavy atom. The molecule has 8 heteroatoms. The van der Waals surface area contributed by atoms with Gasteiger partial charge >= 0.3 is 0 Å². The van der Waals surface area contributed by atoms with Gasteiger partial charge in [0.2, 0.25) is 0 Å².